The maximum atomic E-state index is 8.78. The molecule has 1 aromatic carbocycles. The summed E-state index contributed by atoms with van der Waals surface area (Å²) in [5.74, 6) is 1.58. The second-order valence-electron chi connectivity index (χ2n) is 5.65. The number of nitrogens with one attached hydrogen (secondary N) is 1. The van der Waals surface area contributed by atoms with Gasteiger partial charge >= 0.3 is 0 Å². The third-order valence-electron chi connectivity index (χ3n) is 4.27. The molecule has 3 N–H and O–H groups in total. The molecular weight excluding hydrogens is 234 g/mol. The number of nitrogens with two attached hydrogens (primary N) is 1. The van der Waals surface area contributed by atoms with Gasteiger partial charge in [0.1, 0.15) is 0 Å². The lowest BCUT2D eigenvalue weighted by molar-refractivity contribution is 0.268. The van der Waals surface area contributed by atoms with E-state index in [1.165, 1.54) is 25.7 Å². The number of anilines is 2. The number of benzene rings is 1. The van der Waals surface area contributed by atoms with Gasteiger partial charge in [0.15, 0.2) is 0 Å². The third-order valence-corrected chi connectivity index (χ3v) is 4.27. The van der Waals surface area contributed by atoms with E-state index in [1.54, 1.807) is 0 Å². The van der Waals surface area contributed by atoms with Gasteiger partial charge in [0, 0.05) is 17.9 Å². The molecule has 1 aliphatic rings. The van der Waals surface area contributed by atoms with Gasteiger partial charge in [-0.25, -0.2) is 0 Å². The minimum atomic E-state index is 0.376. The SMILES string of the molecule is CC1CCCCC1CNc1ccc(N)c(CC#N)c1. The second-order valence-corrected chi connectivity index (χ2v) is 5.65. The zero-order valence-electron chi connectivity index (χ0n) is 11.7. The fourth-order valence-electron chi connectivity index (χ4n) is 2.90. The van der Waals surface area contributed by atoms with E-state index in [0.717, 1.165) is 29.6 Å². The van der Waals surface area contributed by atoms with E-state index in [-0.39, 0.29) is 0 Å². The fourth-order valence-corrected chi connectivity index (χ4v) is 2.90. The van der Waals surface area contributed by atoms with Gasteiger partial charge in [0.25, 0.3) is 0 Å². The smallest absolute Gasteiger partial charge is 0.0670 e. The monoisotopic (exact) mass is 257 g/mol. The molecule has 2 rings (SSSR count). The van der Waals surface area contributed by atoms with E-state index in [9.17, 15) is 0 Å². The number of rotatable bonds is 4. The number of nitrogen functional groups attached to an aromatic ring is 1. The molecule has 0 aliphatic heterocycles. The van der Waals surface area contributed by atoms with Crippen molar-refractivity contribution in [1.82, 2.24) is 0 Å². The van der Waals surface area contributed by atoms with Crippen LogP contribution in [0, 0.1) is 23.2 Å². The Hall–Kier alpha value is -1.69. The Balaban J connectivity index is 1.95. The highest BCUT2D eigenvalue weighted by Gasteiger charge is 2.20. The predicted octanol–water partition coefficient (Wildman–Crippen LogP) is 3.57. The fraction of sp³-hybridized carbons (Fsp3) is 0.562. The van der Waals surface area contributed by atoms with E-state index >= 15 is 0 Å². The van der Waals surface area contributed by atoms with Crippen molar-refractivity contribution in [2.45, 2.75) is 39.0 Å². The lowest BCUT2D eigenvalue weighted by Gasteiger charge is -2.29. The molecule has 0 radical (unpaired) electrons. The first-order valence-corrected chi connectivity index (χ1v) is 7.20. The van der Waals surface area contributed by atoms with Crippen LogP contribution < -0.4 is 11.1 Å². The van der Waals surface area contributed by atoms with Gasteiger partial charge in [0.05, 0.1) is 12.5 Å². The van der Waals surface area contributed by atoms with Gasteiger partial charge in [-0.15, -0.1) is 0 Å². The van der Waals surface area contributed by atoms with Crippen LogP contribution in [0.2, 0.25) is 0 Å². The predicted molar refractivity (Wildman–Crippen MR) is 79.8 cm³/mol. The summed E-state index contributed by atoms with van der Waals surface area (Å²) >= 11 is 0. The van der Waals surface area contributed by atoms with Crippen molar-refractivity contribution >= 4 is 11.4 Å². The average Bonchev–Trinajstić information content (AvgIpc) is 2.41. The van der Waals surface area contributed by atoms with Crippen LogP contribution in [0.1, 0.15) is 38.2 Å². The number of nitriles is 1. The molecule has 1 aliphatic carbocycles. The Morgan fingerprint density at radius 3 is 2.89 bits per heavy atom. The molecule has 3 heteroatoms. The summed E-state index contributed by atoms with van der Waals surface area (Å²) in [5, 5.41) is 12.3. The van der Waals surface area contributed by atoms with Gasteiger partial charge in [0.2, 0.25) is 0 Å². The maximum Gasteiger partial charge on any atom is 0.0670 e. The summed E-state index contributed by atoms with van der Waals surface area (Å²) < 4.78 is 0. The van der Waals surface area contributed by atoms with E-state index in [2.05, 4.69) is 18.3 Å². The van der Waals surface area contributed by atoms with E-state index in [1.807, 2.05) is 18.2 Å². The lowest BCUT2D eigenvalue weighted by atomic mass is 9.80. The van der Waals surface area contributed by atoms with E-state index in [0.29, 0.717) is 12.1 Å². The third kappa shape index (κ3) is 3.64. The summed E-state index contributed by atoms with van der Waals surface area (Å²) in [6.07, 6.45) is 5.80. The summed E-state index contributed by atoms with van der Waals surface area (Å²) in [7, 11) is 0. The maximum absolute atomic E-state index is 8.78. The molecular formula is C16H23N3. The van der Waals surface area contributed by atoms with Crippen molar-refractivity contribution in [1.29, 1.82) is 5.26 Å². The molecule has 0 bridgehead atoms. The van der Waals surface area contributed by atoms with Crippen molar-refractivity contribution in [3.05, 3.63) is 23.8 Å². The van der Waals surface area contributed by atoms with Crippen molar-refractivity contribution in [3.8, 4) is 6.07 Å². The largest absolute Gasteiger partial charge is 0.398 e. The molecule has 0 spiro atoms. The van der Waals surface area contributed by atoms with Crippen LogP contribution in [0.25, 0.3) is 0 Å². The van der Waals surface area contributed by atoms with Crippen LogP contribution in [-0.4, -0.2) is 6.54 Å². The Morgan fingerprint density at radius 2 is 2.16 bits per heavy atom. The number of nitrogens with zero attached hydrogens (tertiary/aromatic N) is 1. The van der Waals surface area contributed by atoms with Crippen LogP contribution >= 0.6 is 0 Å². The standard InChI is InChI=1S/C16H23N3/c1-12-4-2-3-5-14(12)11-19-15-6-7-16(18)13(10-15)8-9-17/h6-7,10,12,14,19H,2-5,8,11,18H2,1H3. The van der Waals surface area contributed by atoms with Crippen molar-refractivity contribution in [3.63, 3.8) is 0 Å². The summed E-state index contributed by atoms with van der Waals surface area (Å²) in [5.41, 5.74) is 8.57. The summed E-state index contributed by atoms with van der Waals surface area (Å²) in [4.78, 5) is 0. The second kappa shape index (κ2) is 6.47. The van der Waals surface area contributed by atoms with E-state index in [4.69, 9.17) is 11.0 Å². The molecule has 0 heterocycles. The van der Waals surface area contributed by atoms with Crippen molar-refractivity contribution < 1.29 is 0 Å². The first-order chi connectivity index (χ1) is 9.20. The summed E-state index contributed by atoms with van der Waals surface area (Å²) in [6, 6.07) is 8.05. The Bertz CT molecular complexity index is 462. The Kier molecular flexibility index (Phi) is 4.68. The van der Waals surface area contributed by atoms with Crippen molar-refractivity contribution in [2.24, 2.45) is 11.8 Å². The molecule has 3 nitrogen and oxygen atoms in total. The first-order valence-electron chi connectivity index (χ1n) is 7.20. The topological polar surface area (TPSA) is 61.8 Å². The highest BCUT2D eigenvalue weighted by molar-refractivity contribution is 5.58. The minimum absolute atomic E-state index is 0.376. The zero-order valence-corrected chi connectivity index (χ0v) is 11.7. The molecule has 1 fully saturated rings. The Morgan fingerprint density at radius 1 is 1.37 bits per heavy atom. The molecule has 0 saturated heterocycles. The normalized spacial score (nSPS) is 22.7. The van der Waals surface area contributed by atoms with Gasteiger partial charge in [-0.3, -0.25) is 0 Å². The van der Waals surface area contributed by atoms with E-state index < -0.39 is 0 Å². The van der Waals surface area contributed by atoms with Crippen LogP contribution in [0.4, 0.5) is 11.4 Å². The molecule has 1 aromatic rings. The summed E-state index contributed by atoms with van der Waals surface area (Å²) in [6.45, 7) is 3.38. The molecule has 19 heavy (non-hydrogen) atoms. The van der Waals surface area contributed by atoms with Crippen LogP contribution in [0.15, 0.2) is 18.2 Å². The number of hydrogen-bond donors (Lipinski definition) is 2. The first kappa shape index (κ1) is 13.7. The quantitative estimate of drug-likeness (QED) is 0.810. The van der Waals surface area contributed by atoms with Crippen LogP contribution in [0.5, 0.6) is 0 Å². The Labute approximate surface area is 115 Å². The minimum Gasteiger partial charge on any atom is -0.398 e. The van der Waals surface area contributed by atoms with Crippen LogP contribution in [-0.2, 0) is 6.42 Å². The molecule has 0 aromatic heterocycles. The van der Waals surface area contributed by atoms with Gasteiger partial charge < -0.3 is 11.1 Å². The van der Waals surface area contributed by atoms with Crippen molar-refractivity contribution in [2.75, 3.05) is 17.6 Å². The van der Waals surface area contributed by atoms with Gasteiger partial charge in [-0.1, -0.05) is 26.2 Å². The highest BCUT2D eigenvalue weighted by atomic mass is 14.9. The molecule has 1 saturated carbocycles. The zero-order chi connectivity index (χ0) is 13.7. The lowest BCUT2D eigenvalue weighted by Crippen LogP contribution is -2.24. The molecule has 0 amide bonds. The molecule has 2 atom stereocenters. The molecule has 2 unspecified atom stereocenters. The van der Waals surface area contributed by atoms with Crippen LogP contribution in [0.3, 0.4) is 0 Å². The average molecular weight is 257 g/mol. The van der Waals surface area contributed by atoms with Gasteiger partial charge in [-0.2, -0.15) is 5.26 Å². The number of hydrogen-bond acceptors (Lipinski definition) is 3. The van der Waals surface area contributed by atoms with Gasteiger partial charge in [-0.05, 0) is 42.0 Å². The molecule has 102 valence electrons. The highest BCUT2D eigenvalue weighted by Crippen LogP contribution is 2.30.